The lowest BCUT2D eigenvalue weighted by Gasteiger charge is -2.35. The van der Waals surface area contributed by atoms with Crippen molar-refractivity contribution in [2.45, 2.75) is 32.4 Å². The summed E-state index contributed by atoms with van der Waals surface area (Å²) in [5.74, 6) is -0.350. The first-order valence-electron chi connectivity index (χ1n) is 9.20. The molecular weight excluding hydrogens is 330 g/mol. The minimum absolute atomic E-state index is 0.102. The number of carbonyl (C=O) groups is 2. The Labute approximate surface area is 153 Å². The summed E-state index contributed by atoms with van der Waals surface area (Å²) in [4.78, 5) is 37.3. The van der Waals surface area contributed by atoms with E-state index in [1.807, 2.05) is 11.8 Å². The van der Waals surface area contributed by atoms with Crippen molar-refractivity contribution in [2.75, 3.05) is 19.6 Å². The highest BCUT2D eigenvalue weighted by atomic mass is 16.2. The Hall–Kier alpha value is -2.41. The number of piperidine rings is 1. The predicted molar refractivity (Wildman–Crippen MR) is 96.6 cm³/mol. The summed E-state index contributed by atoms with van der Waals surface area (Å²) < 4.78 is 1.71. The highest BCUT2D eigenvalue weighted by molar-refractivity contribution is 6.42. The van der Waals surface area contributed by atoms with Gasteiger partial charge in [-0.05, 0) is 37.8 Å². The fraction of sp³-hybridized carbons (Fsp3) is 0.526. The first-order chi connectivity index (χ1) is 12.5. The molecule has 0 aromatic carbocycles. The van der Waals surface area contributed by atoms with Crippen molar-refractivity contribution in [3.8, 4) is 0 Å². The van der Waals surface area contributed by atoms with Crippen molar-refractivity contribution < 1.29 is 9.59 Å². The maximum absolute atomic E-state index is 12.9. The number of rotatable bonds is 4. The van der Waals surface area contributed by atoms with E-state index in [2.05, 4.69) is 14.9 Å². The van der Waals surface area contributed by atoms with E-state index in [9.17, 15) is 9.59 Å². The normalized spacial score (nSPS) is 23.2. The van der Waals surface area contributed by atoms with Crippen LogP contribution in [-0.2, 0) is 18.4 Å². The number of aromatic amines is 1. The molecule has 3 aliphatic rings. The van der Waals surface area contributed by atoms with Gasteiger partial charge in [-0.25, -0.2) is 4.98 Å². The monoisotopic (exact) mass is 355 g/mol. The summed E-state index contributed by atoms with van der Waals surface area (Å²) in [7, 11) is 1.79. The number of imidazole rings is 1. The minimum Gasteiger partial charge on any atom is -0.348 e. The SMILES string of the molecule is Cc1[nH]cnc1CN1C[C@@H]2CC[C@H](C1)N(C(=O)C(=O)c1cccn1C)C2. The Morgan fingerprint density at radius 3 is 2.81 bits per heavy atom. The molecule has 1 N–H and O–H groups in total. The number of hydrogen-bond acceptors (Lipinski definition) is 4. The molecule has 3 fully saturated rings. The Balaban J connectivity index is 1.49. The molecule has 2 aromatic heterocycles. The van der Waals surface area contributed by atoms with Crippen molar-refractivity contribution in [3.05, 3.63) is 41.7 Å². The van der Waals surface area contributed by atoms with Crippen LogP contribution in [0.4, 0.5) is 0 Å². The summed E-state index contributed by atoms with van der Waals surface area (Å²) in [6.07, 6.45) is 5.60. The van der Waals surface area contributed by atoms with E-state index in [-0.39, 0.29) is 11.9 Å². The van der Waals surface area contributed by atoms with Gasteiger partial charge in [0.1, 0.15) is 0 Å². The van der Waals surface area contributed by atoms with E-state index in [0.29, 0.717) is 18.2 Å². The smallest absolute Gasteiger partial charge is 0.296 e. The van der Waals surface area contributed by atoms with Crippen molar-refractivity contribution in [2.24, 2.45) is 13.0 Å². The van der Waals surface area contributed by atoms with Crippen molar-refractivity contribution in [3.63, 3.8) is 0 Å². The van der Waals surface area contributed by atoms with Crippen LogP contribution < -0.4 is 0 Å². The first kappa shape index (κ1) is 17.0. The number of Topliss-reactive ketones (excluding diaryl/α,β-unsaturated/α-hetero) is 1. The number of ketones is 1. The molecule has 0 spiro atoms. The van der Waals surface area contributed by atoms with Gasteiger partial charge in [-0.2, -0.15) is 0 Å². The van der Waals surface area contributed by atoms with E-state index < -0.39 is 5.78 Å². The molecule has 7 nitrogen and oxygen atoms in total. The number of amides is 1. The van der Waals surface area contributed by atoms with Gasteiger partial charge < -0.3 is 14.5 Å². The zero-order chi connectivity index (χ0) is 18.3. The Bertz CT molecular complexity index is 824. The van der Waals surface area contributed by atoms with E-state index in [0.717, 1.165) is 43.9 Å². The molecule has 2 aromatic rings. The Morgan fingerprint density at radius 2 is 2.12 bits per heavy atom. The molecule has 0 radical (unpaired) electrons. The predicted octanol–water partition coefficient (Wildman–Crippen LogP) is 1.36. The standard InChI is InChI=1S/C19H25N5O2/c1-13-16(21-12-20-13)11-23-8-14-5-6-15(10-23)24(9-14)19(26)18(25)17-4-3-7-22(17)2/h3-4,7,12,14-15H,5-6,8-11H2,1-2H3,(H,20,21)/t14-,15+/m0/s1. The Kier molecular flexibility index (Phi) is 4.40. The lowest BCUT2D eigenvalue weighted by atomic mass is 9.94. The third kappa shape index (κ3) is 3.07. The second kappa shape index (κ2) is 6.72. The van der Waals surface area contributed by atoms with E-state index in [1.54, 1.807) is 36.3 Å². The molecule has 3 aliphatic heterocycles. The van der Waals surface area contributed by atoms with Gasteiger partial charge in [0.2, 0.25) is 0 Å². The molecule has 3 saturated heterocycles. The molecule has 26 heavy (non-hydrogen) atoms. The zero-order valence-electron chi connectivity index (χ0n) is 15.3. The highest BCUT2D eigenvalue weighted by Gasteiger charge is 2.39. The van der Waals surface area contributed by atoms with Crippen LogP contribution >= 0.6 is 0 Å². The molecule has 138 valence electrons. The topological polar surface area (TPSA) is 74.2 Å². The summed E-state index contributed by atoms with van der Waals surface area (Å²) in [6, 6.07) is 3.61. The van der Waals surface area contributed by atoms with Gasteiger partial charge in [0.05, 0.1) is 17.7 Å². The summed E-state index contributed by atoms with van der Waals surface area (Å²) in [5.41, 5.74) is 2.61. The molecule has 2 atom stereocenters. The largest absolute Gasteiger partial charge is 0.348 e. The van der Waals surface area contributed by atoms with Gasteiger partial charge in [0.25, 0.3) is 11.7 Å². The van der Waals surface area contributed by atoms with Crippen LogP contribution in [0.5, 0.6) is 0 Å². The van der Waals surface area contributed by atoms with Crippen LogP contribution in [0.25, 0.3) is 0 Å². The first-order valence-corrected chi connectivity index (χ1v) is 9.20. The van der Waals surface area contributed by atoms with E-state index in [1.165, 1.54) is 0 Å². The molecule has 5 rings (SSSR count). The number of aryl methyl sites for hydroxylation is 2. The Morgan fingerprint density at radius 1 is 1.27 bits per heavy atom. The van der Waals surface area contributed by atoms with Crippen LogP contribution in [0, 0.1) is 12.8 Å². The second-order valence-electron chi connectivity index (χ2n) is 7.56. The van der Waals surface area contributed by atoms with Crippen molar-refractivity contribution in [1.82, 2.24) is 24.3 Å². The van der Waals surface area contributed by atoms with E-state index in [4.69, 9.17) is 0 Å². The second-order valence-corrected chi connectivity index (χ2v) is 7.56. The number of fused-ring (bicyclic) bond motifs is 4. The third-order valence-electron chi connectivity index (χ3n) is 5.73. The average Bonchev–Trinajstić information content (AvgIpc) is 3.12. The number of nitrogens with one attached hydrogen (secondary N) is 1. The number of aromatic nitrogens is 3. The maximum Gasteiger partial charge on any atom is 0.296 e. The molecule has 2 bridgehead atoms. The molecule has 0 aliphatic carbocycles. The van der Waals surface area contributed by atoms with Gasteiger partial charge in [-0.3, -0.25) is 14.5 Å². The van der Waals surface area contributed by atoms with Gasteiger partial charge in [0, 0.05) is 51.2 Å². The van der Waals surface area contributed by atoms with Crippen LogP contribution in [0.3, 0.4) is 0 Å². The van der Waals surface area contributed by atoms with E-state index >= 15 is 0 Å². The summed E-state index contributed by atoms with van der Waals surface area (Å²) >= 11 is 0. The van der Waals surface area contributed by atoms with Crippen molar-refractivity contribution >= 4 is 11.7 Å². The van der Waals surface area contributed by atoms with Gasteiger partial charge in [-0.1, -0.05) is 0 Å². The lowest BCUT2D eigenvalue weighted by Crippen LogP contribution is -2.50. The van der Waals surface area contributed by atoms with Crippen LogP contribution in [0.15, 0.2) is 24.7 Å². The van der Waals surface area contributed by atoms with Crippen LogP contribution in [-0.4, -0.2) is 61.7 Å². The molecule has 0 saturated carbocycles. The van der Waals surface area contributed by atoms with Gasteiger partial charge >= 0.3 is 0 Å². The summed E-state index contributed by atoms with van der Waals surface area (Å²) in [5, 5.41) is 0. The molecule has 1 amide bonds. The van der Waals surface area contributed by atoms with Crippen LogP contribution in [0.1, 0.15) is 34.7 Å². The average molecular weight is 355 g/mol. The highest BCUT2D eigenvalue weighted by Crippen LogP contribution is 2.29. The van der Waals surface area contributed by atoms with Gasteiger partial charge in [0.15, 0.2) is 0 Å². The number of H-pyrrole nitrogens is 1. The van der Waals surface area contributed by atoms with Gasteiger partial charge in [-0.15, -0.1) is 0 Å². The number of carbonyl (C=O) groups excluding carboxylic acids is 2. The fourth-order valence-corrected chi connectivity index (χ4v) is 4.25. The molecular formula is C19H25N5O2. The number of hydrogen-bond donors (Lipinski definition) is 1. The molecule has 5 heterocycles. The maximum atomic E-state index is 12.9. The van der Waals surface area contributed by atoms with Crippen molar-refractivity contribution in [1.29, 1.82) is 0 Å². The minimum atomic E-state index is -0.403. The molecule has 7 heteroatoms. The number of nitrogens with zero attached hydrogens (tertiary/aromatic N) is 4. The zero-order valence-corrected chi connectivity index (χ0v) is 15.3. The molecule has 0 unspecified atom stereocenters. The summed E-state index contributed by atoms with van der Waals surface area (Å²) in [6.45, 7) is 5.24. The third-order valence-corrected chi connectivity index (χ3v) is 5.73. The fourth-order valence-electron chi connectivity index (χ4n) is 4.25. The van der Waals surface area contributed by atoms with Crippen LogP contribution in [0.2, 0.25) is 0 Å². The quantitative estimate of drug-likeness (QED) is 0.664. The lowest BCUT2D eigenvalue weighted by molar-refractivity contribution is -0.130.